The summed E-state index contributed by atoms with van der Waals surface area (Å²) in [6, 6.07) is 17.8. The van der Waals surface area contributed by atoms with E-state index in [0.717, 1.165) is 10.8 Å². The number of rotatable bonds is 3. The molecule has 0 fully saturated rings. The molecule has 3 N–H and O–H groups in total. The Morgan fingerprint density at radius 3 is 2.11 bits per heavy atom. The second kappa shape index (κ2) is 8.16. The Bertz CT molecular complexity index is 1040. The molecule has 0 spiro atoms. The van der Waals surface area contributed by atoms with Crippen LogP contribution in [0.2, 0.25) is 5.02 Å². The minimum atomic E-state index is -0.324. The van der Waals surface area contributed by atoms with Crippen LogP contribution in [0.25, 0.3) is 10.8 Å². The molecule has 0 bridgehead atoms. The number of fused-ring (bicyclic) bond motifs is 1. The summed E-state index contributed by atoms with van der Waals surface area (Å²) in [4.78, 5) is 23.7. The van der Waals surface area contributed by atoms with E-state index < -0.39 is 0 Å². The summed E-state index contributed by atoms with van der Waals surface area (Å²) in [6.07, 6.45) is 0. The van der Waals surface area contributed by atoms with Crippen molar-refractivity contribution in [2.24, 2.45) is 0 Å². The van der Waals surface area contributed by atoms with Gasteiger partial charge in [0, 0.05) is 34.3 Å². The third-order valence-electron chi connectivity index (χ3n) is 3.80. The zero-order valence-electron chi connectivity index (χ0n) is 14.4. The minimum Gasteiger partial charge on any atom is -0.332 e. The lowest BCUT2D eigenvalue weighted by atomic mass is 10.0. The van der Waals surface area contributed by atoms with Crippen LogP contribution >= 0.6 is 23.8 Å². The van der Waals surface area contributed by atoms with Crippen LogP contribution in [-0.2, 0) is 4.79 Å². The maximum atomic E-state index is 12.6. The highest BCUT2D eigenvalue weighted by atomic mass is 35.5. The minimum absolute atomic E-state index is 0.145. The van der Waals surface area contributed by atoms with Gasteiger partial charge >= 0.3 is 0 Å². The lowest BCUT2D eigenvalue weighted by Gasteiger charge is -2.12. The SMILES string of the molecule is CC(=O)Nc1ccc(NC(=S)NC(=O)c2cccc3c(Cl)cccc23)cc1. The first-order valence-electron chi connectivity index (χ1n) is 8.11. The number of hydrogen-bond donors (Lipinski definition) is 3. The molecule has 0 unspecified atom stereocenters. The highest BCUT2D eigenvalue weighted by molar-refractivity contribution is 7.80. The number of benzene rings is 3. The number of carbonyl (C=O) groups is 2. The molecule has 3 aromatic rings. The first-order chi connectivity index (χ1) is 12.9. The highest BCUT2D eigenvalue weighted by Crippen LogP contribution is 2.25. The third-order valence-corrected chi connectivity index (χ3v) is 4.34. The molecule has 0 aliphatic heterocycles. The highest BCUT2D eigenvalue weighted by Gasteiger charge is 2.12. The summed E-state index contributed by atoms with van der Waals surface area (Å²) in [6.45, 7) is 1.44. The molecule has 0 aromatic heterocycles. The van der Waals surface area contributed by atoms with Crippen LogP contribution in [0.1, 0.15) is 17.3 Å². The molecule has 0 heterocycles. The lowest BCUT2D eigenvalue weighted by molar-refractivity contribution is -0.114. The number of hydrogen-bond acceptors (Lipinski definition) is 3. The van der Waals surface area contributed by atoms with Crippen molar-refractivity contribution in [1.29, 1.82) is 0 Å². The Kier molecular flexibility index (Phi) is 5.69. The van der Waals surface area contributed by atoms with Gasteiger partial charge in [0.2, 0.25) is 5.91 Å². The fraction of sp³-hybridized carbons (Fsp3) is 0.0500. The number of thiocarbonyl (C=S) groups is 1. The number of anilines is 2. The molecule has 3 rings (SSSR count). The van der Waals surface area contributed by atoms with Crippen LogP contribution in [0, 0.1) is 0 Å². The van der Waals surface area contributed by atoms with Gasteiger partial charge in [-0.1, -0.05) is 35.9 Å². The number of amides is 2. The average molecular weight is 398 g/mol. The van der Waals surface area contributed by atoms with Gasteiger partial charge in [-0.15, -0.1) is 0 Å². The van der Waals surface area contributed by atoms with Gasteiger partial charge in [0.25, 0.3) is 5.91 Å². The smallest absolute Gasteiger partial charge is 0.258 e. The molecule has 136 valence electrons. The monoisotopic (exact) mass is 397 g/mol. The van der Waals surface area contributed by atoms with Crippen molar-refractivity contribution in [3.8, 4) is 0 Å². The fourth-order valence-corrected chi connectivity index (χ4v) is 3.09. The topological polar surface area (TPSA) is 70.2 Å². The summed E-state index contributed by atoms with van der Waals surface area (Å²) in [5.74, 6) is -0.469. The van der Waals surface area contributed by atoms with Gasteiger partial charge < -0.3 is 10.6 Å². The molecule has 0 aliphatic rings. The van der Waals surface area contributed by atoms with Gasteiger partial charge in [-0.25, -0.2) is 0 Å². The van der Waals surface area contributed by atoms with Crippen molar-refractivity contribution < 1.29 is 9.59 Å². The largest absolute Gasteiger partial charge is 0.332 e. The van der Waals surface area contributed by atoms with Crippen molar-refractivity contribution in [2.75, 3.05) is 10.6 Å². The molecule has 7 heteroatoms. The van der Waals surface area contributed by atoms with E-state index in [-0.39, 0.29) is 16.9 Å². The van der Waals surface area contributed by atoms with E-state index in [2.05, 4.69) is 16.0 Å². The summed E-state index contributed by atoms with van der Waals surface area (Å²) in [5, 5.41) is 10.6. The van der Waals surface area contributed by atoms with E-state index in [1.165, 1.54) is 6.92 Å². The van der Waals surface area contributed by atoms with Gasteiger partial charge in [-0.2, -0.15) is 0 Å². The molecule has 3 aromatic carbocycles. The van der Waals surface area contributed by atoms with Gasteiger partial charge in [0.05, 0.1) is 0 Å². The Morgan fingerprint density at radius 1 is 0.852 bits per heavy atom. The van der Waals surface area contributed by atoms with Crippen molar-refractivity contribution in [2.45, 2.75) is 6.92 Å². The van der Waals surface area contributed by atoms with Gasteiger partial charge in [-0.3, -0.25) is 14.9 Å². The third kappa shape index (κ3) is 4.61. The van der Waals surface area contributed by atoms with Crippen LogP contribution in [0.3, 0.4) is 0 Å². The zero-order chi connectivity index (χ0) is 19.4. The zero-order valence-corrected chi connectivity index (χ0v) is 15.9. The molecule has 2 amide bonds. The first-order valence-corrected chi connectivity index (χ1v) is 8.90. The van der Waals surface area contributed by atoms with Crippen LogP contribution in [0.4, 0.5) is 11.4 Å². The van der Waals surface area contributed by atoms with Gasteiger partial charge in [0.15, 0.2) is 5.11 Å². The normalized spacial score (nSPS) is 10.3. The number of halogens is 1. The Balaban J connectivity index is 1.70. The molecular formula is C20H16ClN3O2S. The van der Waals surface area contributed by atoms with E-state index in [0.29, 0.717) is 22.0 Å². The van der Waals surface area contributed by atoms with Crippen molar-refractivity contribution in [1.82, 2.24) is 5.32 Å². The van der Waals surface area contributed by atoms with Gasteiger partial charge in [-0.05, 0) is 54.0 Å². The van der Waals surface area contributed by atoms with E-state index in [1.54, 1.807) is 48.5 Å². The predicted octanol–water partition coefficient (Wildman–Crippen LogP) is 4.58. The molecule has 5 nitrogen and oxygen atoms in total. The number of carbonyl (C=O) groups excluding carboxylic acids is 2. The molecule has 0 radical (unpaired) electrons. The molecule has 0 saturated carbocycles. The Labute approximate surface area is 166 Å². The van der Waals surface area contributed by atoms with Crippen molar-refractivity contribution in [3.63, 3.8) is 0 Å². The summed E-state index contributed by atoms with van der Waals surface area (Å²) >= 11 is 11.4. The molecular weight excluding hydrogens is 382 g/mol. The second-order valence-corrected chi connectivity index (χ2v) is 6.62. The van der Waals surface area contributed by atoms with Crippen LogP contribution in [0.15, 0.2) is 60.7 Å². The van der Waals surface area contributed by atoms with E-state index in [9.17, 15) is 9.59 Å². The van der Waals surface area contributed by atoms with E-state index in [4.69, 9.17) is 23.8 Å². The molecule has 0 saturated heterocycles. The summed E-state index contributed by atoms with van der Waals surface area (Å²) in [5.41, 5.74) is 1.85. The average Bonchev–Trinajstić information content (AvgIpc) is 2.63. The van der Waals surface area contributed by atoms with Gasteiger partial charge in [0.1, 0.15) is 0 Å². The Hall–Kier alpha value is -2.96. The summed E-state index contributed by atoms with van der Waals surface area (Å²) < 4.78 is 0. The first kappa shape index (κ1) is 18.8. The molecule has 0 atom stereocenters. The van der Waals surface area contributed by atoms with Crippen LogP contribution in [0.5, 0.6) is 0 Å². The fourth-order valence-electron chi connectivity index (χ4n) is 2.64. The van der Waals surface area contributed by atoms with Crippen LogP contribution in [-0.4, -0.2) is 16.9 Å². The lowest BCUT2D eigenvalue weighted by Crippen LogP contribution is -2.34. The Morgan fingerprint density at radius 2 is 1.44 bits per heavy atom. The maximum absolute atomic E-state index is 12.6. The van der Waals surface area contributed by atoms with Crippen molar-refractivity contribution >= 4 is 62.9 Å². The van der Waals surface area contributed by atoms with E-state index in [1.807, 2.05) is 12.1 Å². The number of nitrogens with one attached hydrogen (secondary N) is 3. The molecule has 0 aliphatic carbocycles. The van der Waals surface area contributed by atoms with Crippen molar-refractivity contribution in [3.05, 3.63) is 71.2 Å². The van der Waals surface area contributed by atoms with Crippen LogP contribution < -0.4 is 16.0 Å². The summed E-state index contributed by atoms with van der Waals surface area (Å²) in [7, 11) is 0. The predicted molar refractivity (Wildman–Crippen MR) is 113 cm³/mol. The molecule has 27 heavy (non-hydrogen) atoms. The maximum Gasteiger partial charge on any atom is 0.258 e. The second-order valence-electron chi connectivity index (χ2n) is 5.81. The standard InChI is InChI=1S/C20H16ClN3O2S/c1-12(25)22-13-8-10-14(11-9-13)23-20(27)24-19(26)17-6-2-5-16-15(17)4-3-7-18(16)21/h2-11H,1H3,(H,22,25)(H2,23,24,26,27). The van der Waals surface area contributed by atoms with E-state index >= 15 is 0 Å². The quantitative estimate of drug-likeness (QED) is 0.566.